The maximum absolute atomic E-state index is 14.2. The molecule has 0 aromatic rings. The van der Waals surface area contributed by atoms with Gasteiger partial charge in [-0.1, -0.05) is 5.16 Å². The highest BCUT2D eigenvalue weighted by Gasteiger charge is 2.45. The Hall–Kier alpha value is 0.721. The van der Waals surface area contributed by atoms with Crippen molar-refractivity contribution in [2.24, 2.45) is 5.16 Å². The van der Waals surface area contributed by atoms with Gasteiger partial charge in [-0.15, -0.1) is 0 Å². The third-order valence-corrected chi connectivity index (χ3v) is 15.2. The number of oxime groups is 1. The molecule has 0 fully saturated rings. The Morgan fingerprint density at radius 1 is 0.628 bits per heavy atom. The molecular weight excluding hydrogens is 670 g/mol. The lowest BCUT2D eigenvalue weighted by molar-refractivity contribution is -0.0331. The fourth-order valence-corrected chi connectivity index (χ4v) is 14.0. The summed E-state index contributed by atoms with van der Waals surface area (Å²) in [5.74, 6) is 0. The zero-order chi connectivity index (χ0) is 34.3. The normalized spacial score (nSPS) is 17.1. The van der Waals surface area contributed by atoms with E-state index in [1.54, 1.807) is 0 Å². The van der Waals surface area contributed by atoms with E-state index in [0.717, 1.165) is 0 Å². The van der Waals surface area contributed by atoms with Crippen molar-refractivity contribution in [2.45, 2.75) is 143 Å². The van der Waals surface area contributed by atoms with Gasteiger partial charge in [-0.3, -0.25) is 4.52 Å². The predicted octanol–water partition coefficient (Wildman–Crippen LogP) is 8.72. The van der Waals surface area contributed by atoms with Gasteiger partial charge in [0.2, 0.25) is 0 Å². The summed E-state index contributed by atoms with van der Waals surface area (Å²) in [6.07, 6.45) is -1.93. The number of hydrogen-bond acceptors (Lipinski definition) is 10. The molecule has 0 aromatic carbocycles. The van der Waals surface area contributed by atoms with Crippen molar-refractivity contribution in [1.29, 1.82) is 0 Å². The Kier molecular flexibility index (Phi) is 17.0. The molecule has 10 nitrogen and oxygen atoms in total. The molecule has 0 aromatic heterocycles. The topological polar surface area (TPSA) is 103 Å². The highest BCUT2D eigenvalue weighted by Crippen LogP contribution is 2.54. The quantitative estimate of drug-likeness (QED) is 0.0496. The van der Waals surface area contributed by atoms with Crippen LogP contribution in [0.5, 0.6) is 0 Å². The first-order chi connectivity index (χ1) is 18.8. The van der Waals surface area contributed by atoms with Crippen molar-refractivity contribution in [3.05, 3.63) is 0 Å². The van der Waals surface area contributed by atoms with Crippen LogP contribution in [-0.4, -0.2) is 93.7 Å². The van der Waals surface area contributed by atoms with Crippen LogP contribution < -0.4 is 0 Å². The molecule has 43 heavy (non-hydrogen) atoms. The van der Waals surface area contributed by atoms with E-state index in [4.69, 9.17) is 35.5 Å². The minimum atomic E-state index is -3.91. The SMILES string of the molecule is CCO/N=C(\CO[Si](C)(C)C)C(O[Si](C)(C)C)C(O[Si](C)(C)C)C(COP(=O)(O[Si](C)(C)C)O[Si](C)(C)C)O[Si](C)(C)C. The summed E-state index contributed by atoms with van der Waals surface area (Å²) >= 11 is 0. The zero-order valence-electron chi connectivity index (χ0n) is 30.9. The highest BCUT2D eigenvalue weighted by atomic mass is 31.2. The van der Waals surface area contributed by atoms with E-state index in [9.17, 15) is 4.57 Å². The molecule has 0 aliphatic rings. The molecule has 0 aliphatic heterocycles. The van der Waals surface area contributed by atoms with E-state index in [-0.39, 0.29) is 13.2 Å². The Morgan fingerprint density at radius 3 is 1.42 bits per heavy atom. The van der Waals surface area contributed by atoms with Crippen LogP contribution in [0.1, 0.15) is 6.92 Å². The van der Waals surface area contributed by atoms with E-state index in [0.29, 0.717) is 12.3 Å². The molecule has 0 heterocycles. The lowest BCUT2D eigenvalue weighted by atomic mass is 10.0. The Labute approximate surface area is 270 Å². The van der Waals surface area contributed by atoms with Crippen LogP contribution in [0.25, 0.3) is 0 Å². The summed E-state index contributed by atoms with van der Waals surface area (Å²) in [7, 11) is -17.0. The largest absolute Gasteiger partial charge is 0.455 e. The first-order valence-electron chi connectivity index (χ1n) is 15.4. The molecule has 0 aliphatic carbocycles. The molecule has 0 N–H and O–H groups in total. The Morgan fingerprint density at radius 2 is 1.07 bits per heavy atom. The van der Waals surface area contributed by atoms with Crippen LogP contribution in [-0.2, 0) is 40.1 Å². The van der Waals surface area contributed by atoms with Crippen molar-refractivity contribution in [1.82, 2.24) is 0 Å². The molecule has 0 rings (SSSR count). The number of hydrogen-bond donors (Lipinski definition) is 0. The van der Waals surface area contributed by atoms with Crippen molar-refractivity contribution >= 4 is 63.4 Å². The van der Waals surface area contributed by atoms with E-state index >= 15 is 0 Å². The zero-order valence-corrected chi connectivity index (χ0v) is 37.8. The van der Waals surface area contributed by atoms with Gasteiger partial charge < -0.3 is 31.0 Å². The molecule has 17 heteroatoms. The molecule has 0 spiro atoms. The van der Waals surface area contributed by atoms with Gasteiger partial charge in [0.1, 0.15) is 24.5 Å². The van der Waals surface area contributed by atoms with Crippen molar-refractivity contribution < 1.29 is 40.1 Å². The third kappa shape index (κ3) is 22.8. The number of phosphoric acid groups is 1. The van der Waals surface area contributed by atoms with Crippen LogP contribution in [0.2, 0.25) is 118 Å². The monoisotopic (exact) mass is 735 g/mol. The summed E-state index contributed by atoms with van der Waals surface area (Å²) in [4.78, 5) is 5.62. The van der Waals surface area contributed by atoms with Crippen LogP contribution in [0.4, 0.5) is 0 Å². The minimum absolute atomic E-state index is 0.0615. The van der Waals surface area contributed by atoms with Crippen molar-refractivity contribution in [3.63, 3.8) is 0 Å². The van der Waals surface area contributed by atoms with Gasteiger partial charge >= 0.3 is 7.82 Å². The lowest BCUT2D eigenvalue weighted by Crippen LogP contribution is -2.57. The van der Waals surface area contributed by atoms with Crippen molar-refractivity contribution in [2.75, 3.05) is 19.8 Å². The molecule has 0 saturated heterocycles. The average molecular weight is 736 g/mol. The van der Waals surface area contributed by atoms with Gasteiger partial charge in [-0.2, -0.15) is 0 Å². The number of rotatable bonds is 21. The predicted molar refractivity (Wildman–Crippen MR) is 195 cm³/mol. The standard InChI is InChI=1S/C26H66NO9PSi6/c1-20-29-27-23(21-31-38(2,3)4)25(33-40(8,9)10)26(34-41(11,12)13)24(32-39(5,6)7)22-30-37(28,35-42(14,15)16)36-43(17,18)19/h24-26H,20-22H2,1-19H3/b27-23+. The van der Waals surface area contributed by atoms with E-state index in [1.165, 1.54) is 0 Å². The molecule has 0 bridgehead atoms. The van der Waals surface area contributed by atoms with Crippen LogP contribution in [0.3, 0.4) is 0 Å². The molecule has 258 valence electrons. The lowest BCUT2D eigenvalue weighted by Gasteiger charge is -2.42. The van der Waals surface area contributed by atoms with Gasteiger partial charge in [0.15, 0.2) is 49.9 Å². The summed E-state index contributed by atoms with van der Waals surface area (Å²) < 4.78 is 59.5. The summed E-state index contributed by atoms with van der Waals surface area (Å²) in [5, 5.41) is 4.53. The van der Waals surface area contributed by atoms with E-state index in [2.05, 4.69) is 83.7 Å². The van der Waals surface area contributed by atoms with Gasteiger partial charge in [-0.25, -0.2) is 4.57 Å². The molecular formula is C26H66NO9PSi6. The van der Waals surface area contributed by atoms with Gasteiger partial charge in [-0.05, 0) is 125 Å². The highest BCUT2D eigenvalue weighted by molar-refractivity contribution is 7.52. The summed E-state index contributed by atoms with van der Waals surface area (Å²) in [6, 6.07) is 0. The van der Waals surface area contributed by atoms with Gasteiger partial charge in [0.05, 0.1) is 19.3 Å². The fourth-order valence-electron chi connectivity index (χ4n) is 3.60. The maximum atomic E-state index is 14.2. The second-order valence-corrected chi connectivity index (χ2v) is 45.6. The summed E-state index contributed by atoms with van der Waals surface area (Å²) in [6.45, 7) is 39.8. The molecule has 3 atom stereocenters. The first-order valence-corrected chi connectivity index (χ1v) is 37.3. The van der Waals surface area contributed by atoms with Crippen LogP contribution in [0, 0.1) is 0 Å². The Bertz CT molecular complexity index is 897. The first kappa shape index (κ1) is 43.7. The molecule has 0 radical (unpaired) electrons. The maximum Gasteiger partial charge on any atom is 0.455 e. The molecule has 3 unspecified atom stereocenters. The van der Waals surface area contributed by atoms with Gasteiger partial charge in [0.25, 0.3) is 0 Å². The molecule has 0 amide bonds. The third-order valence-electron chi connectivity index (χ3n) is 4.60. The second-order valence-electron chi connectivity index (χ2n) is 16.7. The minimum Gasteiger partial charge on any atom is -0.412 e. The van der Waals surface area contributed by atoms with Gasteiger partial charge in [0, 0.05) is 0 Å². The summed E-state index contributed by atoms with van der Waals surface area (Å²) in [5.41, 5.74) is 0.610. The van der Waals surface area contributed by atoms with Crippen LogP contribution >= 0.6 is 7.82 Å². The smallest absolute Gasteiger partial charge is 0.412 e. The van der Waals surface area contributed by atoms with Crippen molar-refractivity contribution in [3.8, 4) is 0 Å². The van der Waals surface area contributed by atoms with Crippen LogP contribution in [0.15, 0.2) is 5.16 Å². The second kappa shape index (κ2) is 16.7. The molecule has 0 saturated carbocycles. The number of nitrogens with zero attached hydrogens (tertiary/aromatic N) is 1. The van der Waals surface area contributed by atoms with E-state index in [1.807, 2.05) is 46.2 Å². The fraction of sp³-hybridized carbons (Fsp3) is 0.962. The van der Waals surface area contributed by atoms with E-state index < -0.39 is 76.0 Å². The average Bonchev–Trinajstić information content (AvgIpc) is 2.68. The Balaban J connectivity index is 7.14.